The minimum absolute atomic E-state index is 0.415. The largest absolute Gasteiger partial charge is 0.316 e. The second-order valence-corrected chi connectivity index (χ2v) is 5.80. The molecule has 1 atom stereocenters. The molecule has 1 aromatic rings. The Labute approximate surface area is 105 Å². The third-order valence-electron chi connectivity index (χ3n) is 3.88. The van der Waals surface area contributed by atoms with Gasteiger partial charge in [0.05, 0.1) is 6.20 Å². The molecule has 1 heterocycles. The molecular formula is C14H25N3. The van der Waals surface area contributed by atoms with Crippen molar-refractivity contribution in [2.24, 2.45) is 18.4 Å². The summed E-state index contributed by atoms with van der Waals surface area (Å²) in [6, 6.07) is 0. The summed E-state index contributed by atoms with van der Waals surface area (Å²) in [5.41, 5.74) is 1.79. The second kappa shape index (κ2) is 5.21. The molecule has 0 spiro atoms. The van der Waals surface area contributed by atoms with Gasteiger partial charge in [-0.15, -0.1) is 0 Å². The van der Waals surface area contributed by atoms with Gasteiger partial charge in [0.25, 0.3) is 0 Å². The fourth-order valence-corrected chi connectivity index (χ4v) is 2.71. The lowest BCUT2D eigenvalue weighted by Gasteiger charge is -2.30. The van der Waals surface area contributed by atoms with E-state index in [1.807, 2.05) is 17.9 Å². The van der Waals surface area contributed by atoms with Crippen LogP contribution in [0.25, 0.3) is 0 Å². The molecule has 17 heavy (non-hydrogen) atoms. The average Bonchev–Trinajstić information content (AvgIpc) is 3.05. The lowest BCUT2D eigenvalue weighted by molar-refractivity contribution is 0.256. The summed E-state index contributed by atoms with van der Waals surface area (Å²) in [6.45, 7) is 6.93. The standard InChI is InChI=1S/C14H25N3/c1-4-7-15-11-14(2,13-5-6-13)8-12-9-16-17(3)10-12/h9-10,13,15H,4-8,11H2,1-3H3. The van der Waals surface area contributed by atoms with Crippen LogP contribution in [-0.4, -0.2) is 22.9 Å². The molecule has 1 aliphatic carbocycles. The molecule has 1 aliphatic rings. The highest BCUT2D eigenvalue weighted by molar-refractivity contribution is 5.10. The molecule has 0 saturated heterocycles. The summed E-state index contributed by atoms with van der Waals surface area (Å²) >= 11 is 0. The smallest absolute Gasteiger partial charge is 0.0521 e. The summed E-state index contributed by atoms with van der Waals surface area (Å²) in [6.07, 6.45) is 9.35. The molecule has 1 unspecified atom stereocenters. The van der Waals surface area contributed by atoms with E-state index >= 15 is 0 Å². The van der Waals surface area contributed by atoms with Crippen molar-refractivity contribution in [1.82, 2.24) is 15.1 Å². The van der Waals surface area contributed by atoms with Crippen molar-refractivity contribution in [2.75, 3.05) is 13.1 Å². The number of nitrogens with zero attached hydrogens (tertiary/aromatic N) is 2. The summed E-state index contributed by atoms with van der Waals surface area (Å²) in [4.78, 5) is 0. The van der Waals surface area contributed by atoms with Gasteiger partial charge < -0.3 is 5.32 Å². The highest BCUT2D eigenvalue weighted by Crippen LogP contribution is 2.47. The third kappa shape index (κ3) is 3.32. The maximum atomic E-state index is 4.27. The van der Waals surface area contributed by atoms with Crippen molar-refractivity contribution >= 4 is 0 Å². The molecule has 0 aromatic carbocycles. The fourth-order valence-electron chi connectivity index (χ4n) is 2.71. The van der Waals surface area contributed by atoms with Gasteiger partial charge in [-0.05, 0) is 49.1 Å². The van der Waals surface area contributed by atoms with Gasteiger partial charge >= 0.3 is 0 Å². The van der Waals surface area contributed by atoms with Crippen LogP contribution in [0.3, 0.4) is 0 Å². The highest BCUT2D eigenvalue weighted by Gasteiger charge is 2.41. The van der Waals surface area contributed by atoms with E-state index in [9.17, 15) is 0 Å². The Morgan fingerprint density at radius 2 is 2.29 bits per heavy atom. The number of aromatic nitrogens is 2. The highest BCUT2D eigenvalue weighted by atomic mass is 15.2. The van der Waals surface area contributed by atoms with Crippen molar-refractivity contribution in [3.63, 3.8) is 0 Å². The third-order valence-corrected chi connectivity index (χ3v) is 3.88. The molecule has 96 valence electrons. The van der Waals surface area contributed by atoms with Crippen molar-refractivity contribution < 1.29 is 0 Å². The first-order valence-corrected chi connectivity index (χ1v) is 6.82. The molecule has 3 heteroatoms. The van der Waals surface area contributed by atoms with E-state index < -0.39 is 0 Å². The van der Waals surface area contributed by atoms with Crippen LogP contribution in [0.5, 0.6) is 0 Å². The van der Waals surface area contributed by atoms with Crippen molar-refractivity contribution in [1.29, 1.82) is 0 Å². The molecule has 0 aliphatic heterocycles. The van der Waals surface area contributed by atoms with Crippen LogP contribution in [0, 0.1) is 11.3 Å². The van der Waals surface area contributed by atoms with Gasteiger partial charge in [0.2, 0.25) is 0 Å². The van der Waals surface area contributed by atoms with E-state index in [1.54, 1.807) is 0 Å². The first kappa shape index (κ1) is 12.6. The van der Waals surface area contributed by atoms with Gasteiger partial charge in [-0.2, -0.15) is 5.10 Å². The quantitative estimate of drug-likeness (QED) is 0.735. The lowest BCUT2D eigenvalue weighted by atomic mass is 9.79. The van der Waals surface area contributed by atoms with Gasteiger partial charge in [-0.25, -0.2) is 0 Å². The predicted octanol–water partition coefficient (Wildman–Crippen LogP) is 2.38. The zero-order valence-electron chi connectivity index (χ0n) is 11.4. The SMILES string of the molecule is CCCNCC(C)(Cc1cnn(C)c1)C1CC1. The van der Waals surface area contributed by atoms with E-state index in [4.69, 9.17) is 0 Å². The number of hydrogen-bond donors (Lipinski definition) is 1. The molecule has 1 N–H and O–H groups in total. The molecule has 0 amide bonds. The number of rotatable bonds is 7. The Morgan fingerprint density at radius 3 is 2.82 bits per heavy atom. The first-order valence-electron chi connectivity index (χ1n) is 6.82. The van der Waals surface area contributed by atoms with Crippen molar-refractivity contribution in [3.8, 4) is 0 Å². The molecule has 2 rings (SSSR count). The number of nitrogens with one attached hydrogen (secondary N) is 1. The monoisotopic (exact) mass is 235 g/mol. The summed E-state index contributed by atoms with van der Waals surface area (Å²) in [5.74, 6) is 0.909. The van der Waals surface area contributed by atoms with E-state index in [-0.39, 0.29) is 0 Å². The van der Waals surface area contributed by atoms with Crippen molar-refractivity contribution in [2.45, 2.75) is 39.5 Å². The van der Waals surface area contributed by atoms with Gasteiger partial charge in [0.1, 0.15) is 0 Å². The zero-order valence-corrected chi connectivity index (χ0v) is 11.4. The van der Waals surface area contributed by atoms with Gasteiger partial charge in [-0.3, -0.25) is 4.68 Å². The summed E-state index contributed by atoms with van der Waals surface area (Å²) in [5, 5.41) is 7.87. The van der Waals surface area contributed by atoms with Crippen molar-refractivity contribution in [3.05, 3.63) is 18.0 Å². The normalized spacial score (nSPS) is 19.2. The Balaban J connectivity index is 1.95. The molecule has 1 aromatic heterocycles. The Morgan fingerprint density at radius 1 is 1.53 bits per heavy atom. The van der Waals surface area contributed by atoms with Crippen LogP contribution < -0.4 is 5.32 Å². The topological polar surface area (TPSA) is 29.9 Å². The first-order chi connectivity index (χ1) is 8.14. The molecule has 3 nitrogen and oxygen atoms in total. The maximum absolute atomic E-state index is 4.27. The number of hydrogen-bond acceptors (Lipinski definition) is 2. The Hall–Kier alpha value is -0.830. The molecule has 0 radical (unpaired) electrons. The Bertz CT molecular complexity index is 354. The van der Waals surface area contributed by atoms with Gasteiger partial charge in [0.15, 0.2) is 0 Å². The minimum Gasteiger partial charge on any atom is -0.316 e. The van der Waals surface area contributed by atoms with Crippen LogP contribution in [0.2, 0.25) is 0 Å². The van der Waals surface area contributed by atoms with Gasteiger partial charge in [0, 0.05) is 19.8 Å². The molecule has 1 fully saturated rings. The molecule has 1 saturated carbocycles. The van der Waals surface area contributed by atoms with Crippen LogP contribution >= 0.6 is 0 Å². The van der Waals surface area contributed by atoms with Crippen LogP contribution in [0.1, 0.15) is 38.7 Å². The van der Waals surface area contributed by atoms with Crippen LogP contribution in [0.15, 0.2) is 12.4 Å². The van der Waals surface area contributed by atoms with E-state index in [0.29, 0.717) is 5.41 Å². The number of aryl methyl sites for hydroxylation is 1. The van der Waals surface area contributed by atoms with Crippen LogP contribution in [-0.2, 0) is 13.5 Å². The molecule has 0 bridgehead atoms. The molecular weight excluding hydrogens is 210 g/mol. The average molecular weight is 235 g/mol. The summed E-state index contributed by atoms with van der Waals surface area (Å²) < 4.78 is 1.90. The maximum Gasteiger partial charge on any atom is 0.0521 e. The minimum atomic E-state index is 0.415. The summed E-state index contributed by atoms with van der Waals surface area (Å²) in [7, 11) is 1.99. The Kier molecular flexibility index (Phi) is 3.87. The predicted molar refractivity (Wildman–Crippen MR) is 70.9 cm³/mol. The second-order valence-electron chi connectivity index (χ2n) is 5.80. The lowest BCUT2D eigenvalue weighted by Crippen LogP contribution is -2.35. The van der Waals surface area contributed by atoms with E-state index in [0.717, 1.165) is 25.4 Å². The van der Waals surface area contributed by atoms with Gasteiger partial charge in [-0.1, -0.05) is 13.8 Å². The zero-order chi connectivity index (χ0) is 12.3. The fraction of sp³-hybridized carbons (Fsp3) is 0.786. The van der Waals surface area contributed by atoms with Crippen LogP contribution in [0.4, 0.5) is 0 Å². The van der Waals surface area contributed by atoms with E-state index in [1.165, 1.54) is 24.8 Å². The van der Waals surface area contributed by atoms with E-state index in [2.05, 4.69) is 30.5 Å².